The van der Waals surface area contributed by atoms with Crippen molar-refractivity contribution in [3.05, 3.63) is 0 Å². The lowest BCUT2D eigenvalue weighted by Crippen LogP contribution is -2.42. The number of carbonyl (C=O) groups excluding carboxylic acids is 2. The molecule has 0 bridgehead atoms. The van der Waals surface area contributed by atoms with E-state index in [9.17, 15) is 14.4 Å². The van der Waals surface area contributed by atoms with Crippen LogP contribution in [0.15, 0.2) is 0 Å². The number of urea groups is 1. The highest BCUT2D eigenvalue weighted by Crippen LogP contribution is 2.09. The van der Waals surface area contributed by atoms with Gasteiger partial charge in [0.1, 0.15) is 0 Å². The Labute approximate surface area is 110 Å². The first-order valence-corrected chi connectivity index (χ1v) is 6.11. The lowest BCUT2D eigenvalue weighted by molar-refractivity contribution is -0.146. The number of aliphatic carboxylic acids is 1. The summed E-state index contributed by atoms with van der Waals surface area (Å²) in [5, 5.41) is 22.8. The standard InChI is InChI=1S/C11H19N3O5/c1-7(15)13-8-3-5-14(6-8)11(19)12-4-2-9(16)10(17)18/h8-9,16H,2-6H2,1H3,(H,12,19)(H,13,15)(H,17,18)/t8?,9-/m0/s1. The molecule has 108 valence electrons. The predicted octanol–water partition coefficient (Wildman–Crippen LogP) is -1.26. The lowest BCUT2D eigenvalue weighted by atomic mass is 10.2. The van der Waals surface area contributed by atoms with Gasteiger partial charge in [-0.3, -0.25) is 4.79 Å². The van der Waals surface area contributed by atoms with Crippen molar-refractivity contribution in [3.63, 3.8) is 0 Å². The number of aliphatic hydroxyl groups is 1. The van der Waals surface area contributed by atoms with E-state index < -0.39 is 12.1 Å². The second-order valence-electron chi connectivity index (χ2n) is 4.51. The van der Waals surface area contributed by atoms with Crippen LogP contribution >= 0.6 is 0 Å². The van der Waals surface area contributed by atoms with Gasteiger partial charge in [0.25, 0.3) is 0 Å². The fraction of sp³-hybridized carbons (Fsp3) is 0.727. The molecule has 1 aliphatic heterocycles. The first kappa shape index (κ1) is 15.2. The Morgan fingerprint density at radius 2 is 2.11 bits per heavy atom. The lowest BCUT2D eigenvalue weighted by Gasteiger charge is -2.17. The molecule has 19 heavy (non-hydrogen) atoms. The van der Waals surface area contributed by atoms with Crippen molar-refractivity contribution in [2.24, 2.45) is 0 Å². The minimum absolute atomic E-state index is 0.0344. The van der Waals surface area contributed by atoms with Crippen LogP contribution in [0.5, 0.6) is 0 Å². The highest BCUT2D eigenvalue weighted by atomic mass is 16.4. The minimum atomic E-state index is -1.47. The van der Waals surface area contributed by atoms with Crippen molar-refractivity contribution in [2.45, 2.75) is 31.9 Å². The van der Waals surface area contributed by atoms with Crippen LogP contribution in [0.25, 0.3) is 0 Å². The zero-order chi connectivity index (χ0) is 14.4. The molecule has 0 aromatic rings. The van der Waals surface area contributed by atoms with Crippen LogP contribution in [0.3, 0.4) is 0 Å². The molecule has 0 aromatic heterocycles. The first-order chi connectivity index (χ1) is 8.90. The number of carbonyl (C=O) groups is 3. The van der Waals surface area contributed by atoms with Gasteiger partial charge >= 0.3 is 12.0 Å². The summed E-state index contributed by atoms with van der Waals surface area (Å²) in [6.07, 6.45) is -0.805. The molecule has 2 atom stereocenters. The number of nitrogens with zero attached hydrogens (tertiary/aromatic N) is 1. The van der Waals surface area contributed by atoms with Gasteiger partial charge in [0, 0.05) is 39.0 Å². The quantitative estimate of drug-likeness (QED) is 0.498. The molecule has 0 spiro atoms. The van der Waals surface area contributed by atoms with Gasteiger partial charge in [-0.1, -0.05) is 0 Å². The molecule has 4 N–H and O–H groups in total. The van der Waals surface area contributed by atoms with Gasteiger partial charge in [-0.15, -0.1) is 0 Å². The van der Waals surface area contributed by atoms with E-state index >= 15 is 0 Å². The van der Waals surface area contributed by atoms with Crippen molar-refractivity contribution in [3.8, 4) is 0 Å². The van der Waals surface area contributed by atoms with Crippen LogP contribution in [0.4, 0.5) is 4.79 Å². The van der Waals surface area contributed by atoms with Crippen molar-refractivity contribution in [2.75, 3.05) is 19.6 Å². The van der Waals surface area contributed by atoms with Crippen LogP contribution in [0.2, 0.25) is 0 Å². The van der Waals surface area contributed by atoms with E-state index in [0.29, 0.717) is 19.5 Å². The molecule has 0 aliphatic carbocycles. The Morgan fingerprint density at radius 3 is 2.68 bits per heavy atom. The molecule has 1 aliphatic rings. The van der Waals surface area contributed by atoms with Gasteiger partial charge in [-0.25, -0.2) is 9.59 Å². The minimum Gasteiger partial charge on any atom is -0.479 e. The number of aliphatic hydroxyl groups excluding tert-OH is 1. The van der Waals surface area contributed by atoms with Gasteiger partial charge in [0.2, 0.25) is 5.91 Å². The second-order valence-corrected chi connectivity index (χ2v) is 4.51. The summed E-state index contributed by atoms with van der Waals surface area (Å²) in [5.41, 5.74) is 0. The summed E-state index contributed by atoms with van der Waals surface area (Å²) in [5.74, 6) is -1.43. The third kappa shape index (κ3) is 5.12. The number of likely N-dealkylation sites (tertiary alicyclic amines) is 1. The largest absolute Gasteiger partial charge is 0.479 e. The van der Waals surface area contributed by atoms with Crippen LogP contribution in [0, 0.1) is 0 Å². The maximum absolute atomic E-state index is 11.7. The zero-order valence-corrected chi connectivity index (χ0v) is 10.8. The molecule has 1 heterocycles. The number of hydrogen-bond donors (Lipinski definition) is 4. The fourth-order valence-electron chi connectivity index (χ4n) is 1.90. The van der Waals surface area contributed by atoms with E-state index in [1.165, 1.54) is 6.92 Å². The summed E-state index contributed by atoms with van der Waals surface area (Å²) in [6, 6.07) is -0.349. The number of amides is 3. The van der Waals surface area contributed by atoms with Crippen molar-refractivity contribution in [1.82, 2.24) is 15.5 Å². The molecular weight excluding hydrogens is 254 g/mol. The molecule has 8 heteroatoms. The maximum atomic E-state index is 11.7. The van der Waals surface area contributed by atoms with Gasteiger partial charge in [0.05, 0.1) is 0 Å². The summed E-state index contributed by atoms with van der Waals surface area (Å²) in [7, 11) is 0. The zero-order valence-electron chi connectivity index (χ0n) is 10.8. The van der Waals surface area contributed by atoms with Gasteiger partial charge in [-0.2, -0.15) is 0 Å². The Bertz CT molecular complexity index is 360. The van der Waals surface area contributed by atoms with E-state index in [1.807, 2.05) is 0 Å². The topological polar surface area (TPSA) is 119 Å². The Morgan fingerprint density at radius 1 is 1.42 bits per heavy atom. The maximum Gasteiger partial charge on any atom is 0.332 e. The van der Waals surface area contributed by atoms with Crippen LogP contribution < -0.4 is 10.6 Å². The van der Waals surface area contributed by atoms with Gasteiger partial charge in [0.15, 0.2) is 6.10 Å². The normalized spacial score (nSPS) is 19.9. The summed E-state index contributed by atoms with van der Waals surface area (Å²) in [6.45, 7) is 2.49. The highest BCUT2D eigenvalue weighted by Gasteiger charge is 2.26. The number of rotatable bonds is 5. The molecule has 0 aromatic carbocycles. The Balaban J connectivity index is 2.24. The predicted molar refractivity (Wildman–Crippen MR) is 65.5 cm³/mol. The summed E-state index contributed by atoms with van der Waals surface area (Å²) in [4.78, 5) is 34.5. The first-order valence-electron chi connectivity index (χ1n) is 6.11. The molecule has 0 saturated carbocycles. The van der Waals surface area contributed by atoms with E-state index in [0.717, 1.165) is 0 Å². The van der Waals surface area contributed by atoms with E-state index in [1.54, 1.807) is 4.90 Å². The van der Waals surface area contributed by atoms with Crippen LogP contribution in [-0.2, 0) is 9.59 Å². The monoisotopic (exact) mass is 273 g/mol. The second kappa shape index (κ2) is 6.93. The Kier molecular flexibility index (Phi) is 5.56. The molecular formula is C11H19N3O5. The van der Waals surface area contributed by atoms with Crippen molar-refractivity contribution >= 4 is 17.9 Å². The number of carboxylic acids is 1. The number of carboxylic acid groups (broad SMARTS) is 1. The smallest absolute Gasteiger partial charge is 0.332 e. The van der Waals surface area contributed by atoms with Crippen molar-refractivity contribution < 1.29 is 24.6 Å². The fourth-order valence-corrected chi connectivity index (χ4v) is 1.90. The number of nitrogens with one attached hydrogen (secondary N) is 2. The third-order valence-corrected chi connectivity index (χ3v) is 2.86. The van der Waals surface area contributed by atoms with Gasteiger partial charge in [-0.05, 0) is 6.42 Å². The summed E-state index contributed by atoms with van der Waals surface area (Å²) >= 11 is 0. The highest BCUT2D eigenvalue weighted by molar-refractivity contribution is 5.76. The van der Waals surface area contributed by atoms with Gasteiger partial charge < -0.3 is 25.7 Å². The number of hydrogen-bond acceptors (Lipinski definition) is 4. The van der Waals surface area contributed by atoms with E-state index in [-0.39, 0.29) is 30.9 Å². The van der Waals surface area contributed by atoms with Crippen LogP contribution in [0.1, 0.15) is 19.8 Å². The molecule has 8 nitrogen and oxygen atoms in total. The molecule has 3 amide bonds. The summed E-state index contributed by atoms with van der Waals surface area (Å²) < 4.78 is 0. The third-order valence-electron chi connectivity index (χ3n) is 2.86. The molecule has 1 unspecified atom stereocenters. The average molecular weight is 273 g/mol. The average Bonchev–Trinajstić information content (AvgIpc) is 2.76. The van der Waals surface area contributed by atoms with E-state index in [2.05, 4.69) is 10.6 Å². The Hall–Kier alpha value is -1.83. The molecule has 1 rings (SSSR count). The van der Waals surface area contributed by atoms with Crippen molar-refractivity contribution in [1.29, 1.82) is 0 Å². The molecule has 0 radical (unpaired) electrons. The van der Waals surface area contributed by atoms with E-state index in [4.69, 9.17) is 10.2 Å². The SMILES string of the molecule is CC(=O)NC1CCN(C(=O)NCC[C@H](O)C(=O)O)C1. The molecule has 1 saturated heterocycles. The molecule has 1 fully saturated rings. The van der Waals surface area contributed by atoms with Crippen LogP contribution in [-0.4, -0.2) is 64.8 Å².